The van der Waals surface area contributed by atoms with Crippen molar-refractivity contribution in [2.45, 2.75) is 24.7 Å². The van der Waals surface area contributed by atoms with Crippen LogP contribution in [-0.2, 0) is 0 Å². The number of hydrogen-bond donors (Lipinski definition) is 0. The maximum atomic E-state index is 12.6. The molecule has 0 radical (unpaired) electrons. The molecule has 16 heavy (non-hydrogen) atoms. The van der Waals surface area contributed by atoms with Crippen LogP contribution in [0.15, 0.2) is 10.6 Å². The van der Waals surface area contributed by atoms with Gasteiger partial charge < -0.3 is 9.42 Å². The molecule has 0 unspecified atom stereocenters. The molecule has 4 nitrogen and oxygen atoms in total. The Bertz CT molecular complexity index is 432. The van der Waals surface area contributed by atoms with Gasteiger partial charge in [-0.3, -0.25) is 4.79 Å². The van der Waals surface area contributed by atoms with E-state index >= 15 is 0 Å². The first-order valence-corrected chi connectivity index (χ1v) is 5.19. The molecule has 2 aliphatic rings. The number of amides is 1. The van der Waals surface area contributed by atoms with E-state index in [0.717, 1.165) is 17.7 Å². The maximum absolute atomic E-state index is 12.6. The average Bonchev–Trinajstić information content (AvgIpc) is 2.92. The van der Waals surface area contributed by atoms with Crippen LogP contribution in [0.2, 0.25) is 0 Å². The molecule has 1 aromatic heterocycles. The Morgan fingerprint density at radius 1 is 1.50 bits per heavy atom. The van der Waals surface area contributed by atoms with Gasteiger partial charge in [-0.05, 0) is 12.8 Å². The monoisotopic (exact) mass is 228 g/mol. The summed E-state index contributed by atoms with van der Waals surface area (Å²) in [5.41, 5.74) is 0.136. The molecule has 1 aromatic rings. The van der Waals surface area contributed by atoms with E-state index in [-0.39, 0.29) is 5.69 Å². The second kappa shape index (κ2) is 3.02. The van der Waals surface area contributed by atoms with Crippen LogP contribution in [0.25, 0.3) is 0 Å². The summed E-state index contributed by atoms with van der Waals surface area (Å²) in [7, 11) is 0. The van der Waals surface area contributed by atoms with Gasteiger partial charge >= 0.3 is 0 Å². The molecule has 3 rings (SSSR count). The topological polar surface area (TPSA) is 46.3 Å². The molecular weight excluding hydrogens is 218 g/mol. The lowest BCUT2D eigenvalue weighted by molar-refractivity contribution is -0.113. The van der Waals surface area contributed by atoms with E-state index in [1.807, 2.05) is 0 Å². The van der Waals surface area contributed by atoms with Gasteiger partial charge in [0.1, 0.15) is 5.76 Å². The van der Waals surface area contributed by atoms with E-state index in [9.17, 15) is 13.6 Å². The first-order valence-electron chi connectivity index (χ1n) is 5.19. The lowest BCUT2D eigenvalue weighted by atomic mass is 10.1. The van der Waals surface area contributed by atoms with Gasteiger partial charge in [-0.2, -0.15) is 0 Å². The van der Waals surface area contributed by atoms with Crippen LogP contribution in [0.3, 0.4) is 0 Å². The summed E-state index contributed by atoms with van der Waals surface area (Å²) in [6.45, 7) is -1.03. The number of rotatable bonds is 2. The van der Waals surface area contributed by atoms with Crippen LogP contribution in [0, 0.1) is 0 Å². The molecule has 1 saturated heterocycles. The highest BCUT2D eigenvalue weighted by atomic mass is 19.3. The second-order valence-electron chi connectivity index (χ2n) is 4.41. The number of hydrogen-bond acceptors (Lipinski definition) is 3. The van der Waals surface area contributed by atoms with Crippen LogP contribution >= 0.6 is 0 Å². The lowest BCUT2D eigenvalue weighted by Crippen LogP contribution is -2.58. The highest BCUT2D eigenvalue weighted by Gasteiger charge is 2.47. The molecule has 0 N–H and O–H groups in total. The van der Waals surface area contributed by atoms with Crippen molar-refractivity contribution in [3.05, 3.63) is 17.5 Å². The molecule has 0 aromatic carbocycles. The van der Waals surface area contributed by atoms with E-state index in [1.165, 1.54) is 0 Å². The van der Waals surface area contributed by atoms with Gasteiger partial charge in [-0.1, -0.05) is 5.16 Å². The summed E-state index contributed by atoms with van der Waals surface area (Å²) in [4.78, 5) is 12.7. The van der Waals surface area contributed by atoms with Crippen molar-refractivity contribution in [2.24, 2.45) is 0 Å². The first-order chi connectivity index (χ1) is 7.55. The Kier molecular flexibility index (Phi) is 1.84. The number of aromatic nitrogens is 1. The first kappa shape index (κ1) is 9.74. The third-order valence-electron chi connectivity index (χ3n) is 2.86. The molecule has 2 fully saturated rings. The van der Waals surface area contributed by atoms with E-state index in [1.54, 1.807) is 6.07 Å². The van der Waals surface area contributed by atoms with E-state index in [4.69, 9.17) is 4.52 Å². The van der Waals surface area contributed by atoms with Gasteiger partial charge in [0.15, 0.2) is 5.69 Å². The molecule has 2 heterocycles. The number of likely N-dealkylation sites (tertiary alicyclic amines) is 1. The highest BCUT2D eigenvalue weighted by molar-refractivity contribution is 5.93. The fourth-order valence-corrected chi connectivity index (χ4v) is 1.77. The zero-order valence-electron chi connectivity index (χ0n) is 8.45. The lowest BCUT2D eigenvalue weighted by Gasteiger charge is -2.37. The molecule has 1 aliphatic heterocycles. The van der Waals surface area contributed by atoms with Gasteiger partial charge in [0.25, 0.3) is 11.8 Å². The van der Waals surface area contributed by atoms with Crippen molar-refractivity contribution < 1.29 is 18.1 Å². The fraction of sp³-hybridized carbons (Fsp3) is 0.600. The minimum atomic E-state index is -2.74. The quantitative estimate of drug-likeness (QED) is 0.773. The zero-order valence-corrected chi connectivity index (χ0v) is 8.45. The fourth-order valence-electron chi connectivity index (χ4n) is 1.77. The van der Waals surface area contributed by atoms with Crippen molar-refractivity contribution in [1.82, 2.24) is 10.1 Å². The summed E-state index contributed by atoms with van der Waals surface area (Å²) >= 11 is 0. The largest absolute Gasteiger partial charge is 0.360 e. The molecule has 1 amide bonds. The molecule has 1 saturated carbocycles. The highest BCUT2D eigenvalue weighted by Crippen LogP contribution is 2.40. The van der Waals surface area contributed by atoms with Gasteiger partial charge in [-0.25, -0.2) is 8.78 Å². The van der Waals surface area contributed by atoms with Crippen LogP contribution in [0.1, 0.15) is 35.0 Å². The number of carbonyl (C=O) groups is 1. The molecular formula is C10H10F2N2O2. The van der Waals surface area contributed by atoms with Crippen molar-refractivity contribution in [1.29, 1.82) is 0 Å². The van der Waals surface area contributed by atoms with Crippen molar-refractivity contribution in [2.75, 3.05) is 13.1 Å². The van der Waals surface area contributed by atoms with Gasteiger partial charge in [0.2, 0.25) is 0 Å². The average molecular weight is 228 g/mol. The van der Waals surface area contributed by atoms with Crippen molar-refractivity contribution in [3.63, 3.8) is 0 Å². The maximum Gasteiger partial charge on any atom is 0.282 e. The Morgan fingerprint density at radius 2 is 2.19 bits per heavy atom. The number of alkyl halides is 2. The second-order valence-corrected chi connectivity index (χ2v) is 4.41. The number of carbonyl (C=O) groups excluding carboxylic acids is 1. The smallest absolute Gasteiger partial charge is 0.282 e. The predicted octanol–water partition coefficient (Wildman–Crippen LogP) is 1.64. The summed E-state index contributed by atoms with van der Waals surface area (Å²) in [6, 6.07) is 1.57. The minimum absolute atomic E-state index is 0.136. The Hall–Kier alpha value is -1.46. The summed E-state index contributed by atoms with van der Waals surface area (Å²) in [5.74, 6) is -2.15. The minimum Gasteiger partial charge on any atom is -0.360 e. The van der Waals surface area contributed by atoms with Crippen LogP contribution in [0.4, 0.5) is 8.78 Å². The zero-order chi connectivity index (χ0) is 11.3. The summed E-state index contributed by atoms with van der Waals surface area (Å²) in [6.07, 6.45) is 2.09. The summed E-state index contributed by atoms with van der Waals surface area (Å²) < 4.78 is 30.1. The third-order valence-corrected chi connectivity index (χ3v) is 2.86. The van der Waals surface area contributed by atoms with E-state index in [2.05, 4.69) is 5.16 Å². The molecule has 86 valence electrons. The normalized spacial score (nSPS) is 23.0. The standard InChI is InChI=1S/C10H10F2N2O2/c11-10(12)4-14(5-10)9(15)7-3-8(16-13-7)6-1-2-6/h3,6H,1-2,4-5H2. The molecule has 0 bridgehead atoms. The summed E-state index contributed by atoms with van der Waals surface area (Å²) in [5, 5.41) is 3.62. The third kappa shape index (κ3) is 1.58. The Balaban J connectivity index is 1.69. The molecule has 1 aliphatic carbocycles. The Labute approximate surface area is 90.2 Å². The Morgan fingerprint density at radius 3 is 2.75 bits per heavy atom. The molecule has 0 atom stereocenters. The number of halogens is 2. The van der Waals surface area contributed by atoms with E-state index < -0.39 is 24.9 Å². The van der Waals surface area contributed by atoms with Crippen molar-refractivity contribution >= 4 is 5.91 Å². The van der Waals surface area contributed by atoms with Crippen LogP contribution in [0.5, 0.6) is 0 Å². The number of nitrogens with zero attached hydrogens (tertiary/aromatic N) is 2. The van der Waals surface area contributed by atoms with Crippen LogP contribution in [-0.4, -0.2) is 35.0 Å². The van der Waals surface area contributed by atoms with Gasteiger partial charge in [0.05, 0.1) is 13.1 Å². The molecule has 6 heteroatoms. The molecule has 0 spiro atoms. The van der Waals surface area contributed by atoms with E-state index in [0.29, 0.717) is 11.7 Å². The van der Waals surface area contributed by atoms with Crippen molar-refractivity contribution in [3.8, 4) is 0 Å². The predicted molar refractivity (Wildman–Crippen MR) is 49.3 cm³/mol. The van der Waals surface area contributed by atoms with Gasteiger partial charge in [-0.15, -0.1) is 0 Å². The van der Waals surface area contributed by atoms with Crippen LogP contribution < -0.4 is 0 Å². The SMILES string of the molecule is O=C(c1cc(C2CC2)on1)N1CC(F)(F)C1. The van der Waals surface area contributed by atoms with Gasteiger partial charge in [0, 0.05) is 12.0 Å².